The molecule has 0 atom stereocenters. The summed E-state index contributed by atoms with van der Waals surface area (Å²) in [6.45, 7) is 5.23. The molecule has 126 valence electrons. The molecule has 3 rings (SSSR count). The summed E-state index contributed by atoms with van der Waals surface area (Å²) in [7, 11) is 0. The zero-order valence-electron chi connectivity index (χ0n) is 13.2. The SMILES string of the molecule is Cc1ccc(C(=O)N2CCC3(CCNCC3)C2)cc1[N+](=O)[O-].Cl. The summed E-state index contributed by atoms with van der Waals surface area (Å²) in [5.41, 5.74) is 1.26. The maximum Gasteiger partial charge on any atom is 0.273 e. The van der Waals surface area contributed by atoms with Crippen molar-refractivity contribution in [3.8, 4) is 0 Å². The number of nitro groups is 1. The molecule has 1 aromatic rings. The number of carbonyl (C=O) groups is 1. The van der Waals surface area contributed by atoms with E-state index in [1.807, 2.05) is 4.90 Å². The van der Waals surface area contributed by atoms with E-state index in [0.29, 0.717) is 11.1 Å². The van der Waals surface area contributed by atoms with Crippen molar-refractivity contribution in [2.45, 2.75) is 26.2 Å². The molecule has 0 aromatic heterocycles. The Bertz CT molecular complexity index is 615. The molecule has 0 radical (unpaired) electrons. The van der Waals surface area contributed by atoms with E-state index in [4.69, 9.17) is 0 Å². The standard InChI is InChI=1S/C16H21N3O3.ClH/c1-12-2-3-13(10-14(12)19(21)22)15(20)18-9-6-16(11-18)4-7-17-8-5-16;/h2-3,10,17H,4-9,11H2,1H3;1H. The van der Waals surface area contributed by atoms with Crippen LogP contribution in [-0.4, -0.2) is 41.9 Å². The van der Waals surface area contributed by atoms with Crippen molar-refractivity contribution in [1.29, 1.82) is 0 Å². The lowest BCUT2D eigenvalue weighted by Gasteiger charge is -2.33. The van der Waals surface area contributed by atoms with Crippen LogP contribution in [0.15, 0.2) is 18.2 Å². The van der Waals surface area contributed by atoms with Gasteiger partial charge in [-0.1, -0.05) is 6.07 Å². The quantitative estimate of drug-likeness (QED) is 0.663. The Balaban J connectivity index is 0.00000192. The highest BCUT2D eigenvalue weighted by molar-refractivity contribution is 5.95. The van der Waals surface area contributed by atoms with Crippen molar-refractivity contribution in [3.05, 3.63) is 39.4 Å². The molecular formula is C16H22ClN3O3. The lowest BCUT2D eigenvalue weighted by Crippen LogP contribution is -2.39. The van der Waals surface area contributed by atoms with Gasteiger partial charge in [-0.05, 0) is 50.8 Å². The third-order valence-corrected chi connectivity index (χ3v) is 5.04. The van der Waals surface area contributed by atoms with Crippen molar-refractivity contribution in [2.75, 3.05) is 26.2 Å². The number of nitrogens with one attached hydrogen (secondary N) is 1. The van der Waals surface area contributed by atoms with Gasteiger partial charge in [0.05, 0.1) is 4.92 Å². The Kier molecular flexibility index (Phi) is 5.26. The van der Waals surface area contributed by atoms with Crippen LogP contribution in [0.2, 0.25) is 0 Å². The molecule has 2 saturated heterocycles. The maximum absolute atomic E-state index is 12.6. The highest BCUT2D eigenvalue weighted by atomic mass is 35.5. The Morgan fingerprint density at radius 2 is 2.00 bits per heavy atom. The second-order valence-electron chi connectivity index (χ2n) is 6.49. The molecule has 7 heteroatoms. The van der Waals surface area contributed by atoms with E-state index in [1.54, 1.807) is 19.1 Å². The van der Waals surface area contributed by atoms with E-state index in [2.05, 4.69) is 5.32 Å². The fourth-order valence-electron chi connectivity index (χ4n) is 3.60. The van der Waals surface area contributed by atoms with E-state index in [-0.39, 0.29) is 29.4 Å². The monoisotopic (exact) mass is 339 g/mol. The second-order valence-corrected chi connectivity index (χ2v) is 6.49. The molecule has 0 saturated carbocycles. The average Bonchev–Trinajstić information content (AvgIpc) is 2.91. The largest absolute Gasteiger partial charge is 0.338 e. The fraction of sp³-hybridized carbons (Fsp3) is 0.562. The molecule has 1 N–H and O–H groups in total. The van der Waals surface area contributed by atoms with Crippen molar-refractivity contribution in [2.24, 2.45) is 5.41 Å². The van der Waals surface area contributed by atoms with Crippen LogP contribution >= 0.6 is 12.4 Å². The molecule has 1 spiro atoms. The molecule has 2 aliphatic heterocycles. The summed E-state index contributed by atoms with van der Waals surface area (Å²) in [6, 6.07) is 4.75. The van der Waals surface area contributed by atoms with Gasteiger partial charge in [0, 0.05) is 30.3 Å². The average molecular weight is 340 g/mol. The van der Waals surface area contributed by atoms with Crippen LogP contribution in [0, 0.1) is 22.5 Å². The van der Waals surface area contributed by atoms with Crippen molar-refractivity contribution in [3.63, 3.8) is 0 Å². The predicted octanol–water partition coefficient (Wildman–Crippen LogP) is 2.54. The Morgan fingerprint density at radius 1 is 1.30 bits per heavy atom. The number of nitro benzene ring substituents is 1. The summed E-state index contributed by atoms with van der Waals surface area (Å²) in [5.74, 6) is -0.0847. The summed E-state index contributed by atoms with van der Waals surface area (Å²) in [6.07, 6.45) is 3.24. The van der Waals surface area contributed by atoms with Crippen LogP contribution in [0.5, 0.6) is 0 Å². The summed E-state index contributed by atoms with van der Waals surface area (Å²) in [5, 5.41) is 14.4. The van der Waals surface area contributed by atoms with Gasteiger partial charge in [-0.15, -0.1) is 12.4 Å². The zero-order chi connectivity index (χ0) is 15.7. The summed E-state index contributed by atoms with van der Waals surface area (Å²) >= 11 is 0. The summed E-state index contributed by atoms with van der Waals surface area (Å²) in [4.78, 5) is 25.1. The summed E-state index contributed by atoms with van der Waals surface area (Å²) < 4.78 is 0. The number of hydrogen-bond donors (Lipinski definition) is 1. The van der Waals surface area contributed by atoms with Gasteiger partial charge in [0.2, 0.25) is 0 Å². The molecule has 2 heterocycles. The molecule has 0 unspecified atom stereocenters. The van der Waals surface area contributed by atoms with Gasteiger partial charge < -0.3 is 10.2 Å². The minimum atomic E-state index is -0.426. The Labute approximate surface area is 141 Å². The normalized spacial score (nSPS) is 19.4. The number of carbonyl (C=O) groups excluding carboxylic acids is 1. The van der Waals surface area contributed by atoms with Crippen LogP contribution in [0.25, 0.3) is 0 Å². The molecule has 23 heavy (non-hydrogen) atoms. The molecule has 1 amide bonds. The lowest BCUT2D eigenvalue weighted by atomic mass is 9.78. The van der Waals surface area contributed by atoms with Gasteiger partial charge in [-0.2, -0.15) is 0 Å². The van der Waals surface area contributed by atoms with Crippen LogP contribution in [-0.2, 0) is 0 Å². The number of likely N-dealkylation sites (tertiary alicyclic amines) is 1. The van der Waals surface area contributed by atoms with Crippen LogP contribution in [0.4, 0.5) is 5.69 Å². The minimum Gasteiger partial charge on any atom is -0.338 e. The fourth-order valence-corrected chi connectivity index (χ4v) is 3.60. The highest BCUT2D eigenvalue weighted by Gasteiger charge is 2.40. The number of hydrogen-bond acceptors (Lipinski definition) is 4. The van der Waals surface area contributed by atoms with E-state index in [1.165, 1.54) is 6.07 Å². The topological polar surface area (TPSA) is 75.5 Å². The molecule has 6 nitrogen and oxygen atoms in total. The number of amides is 1. The molecule has 1 aromatic carbocycles. The Morgan fingerprint density at radius 3 is 2.65 bits per heavy atom. The molecule has 2 fully saturated rings. The first-order valence-electron chi connectivity index (χ1n) is 7.76. The number of benzene rings is 1. The zero-order valence-corrected chi connectivity index (χ0v) is 14.0. The van der Waals surface area contributed by atoms with Crippen LogP contribution in [0.1, 0.15) is 35.2 Å². The number of nitrogens with zero attached hydrogens (tertiary/aromatic N) is 2. The molecule has 0 aliphatic carbocycles. The lowest BCUT2D eigenvalue weighted by molar-refractivity contribution is -0.385. The number of piperidine rings is 1. The highest BCUT2D eigenvalue weighted by Crippen LogP contribution is 2.39. The number of rotatable bonds is 2. The van der Waals surface area contributed by atoms with E-state index >= 15 is 0 Å². The first-order valence-corrected chi connectivity index (χ1v) is 7.76. The van der Waals surface area contributed by atoms with Crippen molar-refractivity contribution < 1.29 is 9.72 Å². The van der Waals surface area contributed by atoms with E-state index in [9.17, 15) is 14.9 Å². The first kappa shape index (κ1) is 17.7. The van der Waals surface area contributed by atoms with Gasteiger partial charge in [-0.3, -0.25) is 14.9 Å². The first-order chi connectivity index (χ1) is 10.5. The van der Waals surface area contributed by atoms with Gasteiger partial charge >= 0.3 is 0 Å². The second kappa shape index (κ2) is 6.84. The Hall–Kier alpha value is -1.66. The predicted molar refractivity (Wildman–Crippen MR) is 90.1 cm³/mol. The minimum absolute atomic E-state index is 0. The number of halogens is 1. The van der Waals surface area contributed by atoms with Gasteiger partial charge in [0.1, 0.15) is 0 Å². The van der Waals surface area contributed by atoms with E-state index in [0.717, 1.165) is 45.4 Å². The molecule has 0 bridgehead atoms. The number of aryl methyl sites for hydroxylation is 1. The molecular weight excluding hydrogens is 318 g/mol. The van der Waals surface area contributed by atoms with Gasteiger partial charge in [0.25, 0.3) is 11.6 Å². The third kappa shape index (κ3) is 3.48. The van der Waals surface area contributed by atoms with Crippen molar-refractivity contribution in [1.82, 2.24) is 10.2 Å². The van der Waals surface area contributed by atoms with Gasteiger partial charge in [-0.25, -0.2) is 0 Å². The van der Waals surface area contributed by atoms with Crippen LogP contribution in [0.3, 0.4) is 0 Å². The van der Waals surface area contributed by atoms with Crippen LogP contribution < -0.4 is 5.32 Å². The smallest absolute Gasteiger partial charge is 0.273 e. The maximum atomic E-state index is 12.6. The van der Waals surface area contributed by atoms with E-state index < -0.39 is 4.92 Å². The van der Waals surface area contributed by atoms with Gasteiger partial charge in [0.15, 0.2) is 0 Å². The van der Waals surface area contributed by atoms with Crippen molar-refractivity contribution >= 4 is 24.0 Å². The third-order valence-electron chi connectivity index (χ3n) is 5.04. The molecule has 2 aliphatic rings.